The maximum absolute atomic E-state index is 14.1. The Morgan fingerprint density at radius 3 is 2.40 bits per heavy atom. The van der Waals surface area contributed by atoms with Crippen LogP contribution < -0.4 is 10.6 Å². The Bertz CT molecular complexity index is 1340. The molecule has 48 heavy (non-hydrogen) atoms. The van der Waals surface area contributed by atoms with Crippen LogP contribution in [0.5, 0.6) is 0 Å². The van der Waals surface area contributed by atoms with Gasteiger partial charge in [-0.25, -0.2) is 4.98 Å². The summed E-state index contributed by atoms with van der Waals surface area (Å²) in [6.45, 7) is 9.02. The van der Waals surface area contributed by atoms with Gasteiger partial charge in [-0.1, -0.05) is 70.9 Å². The van der Waals surface area contributed by atoms with Gasteiger partial charge in [0.05, 0.1) is 19.6 Å². The number of carbonyl (C=O) groups excluding carboxylic acids is 4. The zero-order valence-electron chi connectivity index (χ0n) is 29.9. The first-order chi connectivity index (χ1) is 22.9. The van der Waals surface area contributed by atoms with Gasteiger partial charge in [0.1, 0.15) is 22.8 Å². The average molecular weight is 686 g/mol. The minimum Gasteiger partial charge on any atom is -0.469 e. The topological polar surface area (TPSA) is 130 Å². The molecule has 1 saturated heterocycles. The van der Waals surface area contributed by atoms with Crippen molar-refractivity contribution in [3.63, 3.8) is 0 Å². The number of nitrogens with one attached hydrogen (secondary N) is 2. The van der Waals surface area contributed by atoms with Crippen LogP contribution in [0.1, 0.15) is 93.4 Å². The van der Waals surface area contributed by atoms with Gasteiger partial charge in [0.15, 0.2) is 0 Å². The van der Waals surface area contributed by atoms with E-state index in [1.54, 1.807) is 24.4 Å². The predicted octanol–water partition coefficient (Wildman–Crippen LogP) is 4.62. The minimum absolute atomic E-state index is 0.0285. The summed E-state index contributed by atoms with van der Waals surface area (Å²) in [4.78, 5) is 61.3. The van der Waals surface area contributed by atoms with Crippen LogP contribution in [-0.2, 0) is 30.3 Å². The third kappa shape index (κ3) is 10.8. The van der Waals surface area contributed by atoms with Crippen molar-refractivity contribution in [2.45, 2.75) is 103 Å². The van der Waals surface area contributed by atoms with Gasteiger partial charge < -0.3 is 25.0 Å². The van der Waals surface area contributed by atoms with E-state index in [1.165, 1.54) is 18.4 Å². The highest BCUT2D eigenvalue weighted by Gasteiger charge is 2.37. The van der Waals surface area contributed by atoms with Gasteiger partial charge in [-0.05, 0) is 50.3 Å². The standard InChI is InChI=1S/C36H55N5O6S/c1-9-24(4)32(39-34(44)28-17-13-14-18-40(28)5)36(45)41(6)29(23(2)3)21-30(46-7)35-38-27(22-48-35)33(43)37-26(20-31(42)47-8)19-25-15-11-10-12-16-25/h10-12,15-16,22-24,26,28-30,32H,9,13-14,17-21H2,1-8H3,(H,37,43)(H,39,44). The Morgan fingerprint density at radius 2 is 1.79 bits per heavy atom. The third-order valence-electron chi connectivity index (χ3n) is 9.54. The summed E-state index contributed by atoms with van der Waals surface area (Å²) >= 11 is 1.32. The summed E-state index contributed by atoms with van der Waals surface area (Å²) in [5.74, 6) is -0.988. The lowest BCUT2D eigenvalue weighted by molar-refractivity contribution is -0.141. The Kier molecular flexibility index (Phi) is 15.5. The van der Waals surface area contributed by atoms with E-state index in [1.807, 2.05) is 51.2 Å². The number of aromatic nitrogens is 1. The van der Waals surface area contributed by atoms with Crippen molar-refractivity contribution in [2.75, 3.05) is 34.9 Å². The first kappa shape index (κ1) is 39.1. The zero-order valence-corrected chi connectivity index (χ0v) is 30.7. The highest BCUT2D eigenvalue weighted by atomic mass is 32.1. The number of nitrogens with zero attached hydrogens (tertiary/aromatic N) is 3. The highest BCUT2D eigenvalue weighted by molar-refractivity contribution is 7.09. The molecular weight excluding hydrogens is 630 g/mol. The van der Waals surface area contributed by atoms with Gasteiger partial charge in [0.25, 0.3) is 5.91 Å². The second-order valence-corrected chi connectivity index (χ2v) is 14.2. The van der Waals surface area contributed by atoms with Crippen molar-refractivity contribution in [1.82, 2.24) is 25.4 Å². The number of carbonyl (C=O) groups is 4. The largest absolute Gasteiger partial charge is 0.469 e. The average Bonchev–Trinajstić information content (AvgIpc) is 3.57. The molecule has 12 heteroatoms. The number of thiazole rings is 1. The molecule has 1 aromatic heterocycles. The van der Waals surface area contributed by atoms with Crippen molar-refractivity contribution < 1.29 is 28.7 Å². The SMILES string of the molecule is CCC(C)C(NC(=O)C1CCCCN1C)C(=O)N(C)C(CC(OC)c1nc(C(=O)NC(CC(=O)OC)Cc2ccccc2)cs1)C(C)C. The summed E-state index contributed by atoms with van der Waals surface area (Å²) < 4.78 is 10.8. The number of likely N-dealkylation sites (tertiary alicyclic amines) is 1. The molecule has 2 heterocycles. The van der Waals surface area contributed by atoms with Gasteiger partial charge in [-0.15, -0.1) is 11.3 Å². The number of piperidine rings is 1. The minimum atomic E-state index is -0.644. The van der Waals surface area contributed by atoms with Crippen LogP contribution in [0.25, 0.3) is 0 Å². The van der Waals surface area contributed by atoms with Crippen molar-refractivity contribution >= 4 is 35.0 Å². The molecule has 1 fully saturated rings. The van der Waals surface area contributed by atoms with E-state index >= 15 is 0 Å². The molecule has 1 aromatic carbocycles. The smallest absolute Gasteiger partial charge is 0.307 e. The molecule has 2 N–H and O–H groups in total. The van der Waals surface area contributed by atoms with Crippen LogP contribution in [0.4, 0.5) is 0 Å². The first-order valence-corrected chi connectivity index (χ1v) is 17.9. The number of benzene rings is 1. The number of likely N-dealkylation sites (N-methyl/N-ethyl adjacent to an activating group) is 2. The summed E-state index contributed by atoms with van der Waals surface area (Å²) in [6.07, 6.45) is 4.08. The summed E-state index contributed by atoms with van der Waals surface area (Å²) in [5.41, 5.74) is 1.22. The molecule has 266 valence electrons. The monoisotopic (exact) mass is 685 g/mol. The number of rotatable bonds is 17. The summed E-state index contributed by atoms with van der Waals surface area (Å²) in [6, 6.07) is 8.06. The molecular formula is C36H55N5O6S. The van der Waals surface area contributed by atoms with E-state index in [4.69, 9.17) is 9.47 Å². The number of esters is 1. The normalized spacial score (nSPS) is 18.3. The Labute approximate surface area is 290 Å². The quantitative estimate of drug-likeness (QED) is 0.231. The van der Waals surface area contributed by atoms with E-state index in [0.29, 0.717) is 17.8 Å². The van der Waals surface area contributed by atoms with Crippen LogP contribution in [-0.4, -0.2) is 97.5 Å². The van der Waals surface area contributed by atoms with E-state index < -0.39 is 24.2 Å². The van der Waals surface area contributed by atoms with Gasteiger partial charge >= 0.3 is 5.97 Å². The molecule has 0 bridgehead atoms. The lowest BCUT2D eigenvalue weighted by Gasteiger charge is -2.38. The van der Waals surface area contributed by atoms with Gasteiger partial charge in [0, 0.05) is 38.0 Å². The fourth-order valence-electron chi connectivity index (χ4n) is 6.27. The van der Waals surface area contributed by atoms with Crippen LogP contribution in [0.3, 0.4) is 0 Å². The van der Waals surface area contributed by atoms with Gasteiger partial charge in [-0.3, -0.25) is 24.1 Å². The van der Waals surface area contributed by atoms with E-state index in [0.717, 1.165) is 37.8 Å². The van der Waals surface area contributed by atoms with Crippen LogP contribution in [0.15, 0.2) is 35.7 Å². The Balaban J connectivity index is 1.73. The lowest BCUT2D eigenvalue weighted by atomic mass is 9.92. The van der Waals surface area contributed by atoms with E-state index in [9.17, 15) is 19.2 Å². The molecule has 3 amide bonds. The van der Waals surface area contributed by atoms with Crippen molar-refractivity contribution in [2.24, 2.45) is 11.8 Å². The summed E-state index contributed by atoms with van der Waals surface area (Å²) in [5, 5.41) is 8.37. The molecule has 1 aliphatic rings. The fraction of sp³-hybridized carbons (Fsp3) is 0.639. The van der Waals surface area contributed by atoms with Gasteiger partial charge in [-0.2, -0.15) is 0 Å². The number of hydrogen-bond donors (Lipinski definition) is 2. The van der Waals surface area contributed by atoms with Crippen LogP contribution in [0, 0.1) is 11.8 Å². The molecule has 2 aromatic rings. The van der Waals surface area contributed by atoms with E-state index in [2.05, 4.69) is 34.4 Å². The van der Waals surface area contributed by atoms with Crippen molar-refractivity contribution in [3.8, 4) is 0 Å². The Morgan fingerprint density at radius 1 is 1.08 bits per heavy atom. The first-order valence-electron chi connectivity index (χ1n) is 17.1. The predicted molar refractivity (Wildman–Crippen MR) is 188 cm³/mol. The van der Waals surface area contributed by atoms with E-state index in [-0.39, 0.29) is 53.8 Å². The number of methoxy groups -OCH3 is 2. The second kappa shape index (κ2) is 19.0. The molecule has 6 atom stereocenters. The number of ether oxygens (including phenoxy) is 2. The number of amides is 3. The van der Waals surface area contributed by atoms with Crippen molar-refractivity contribution in [3.05, 3.63) is 52.0 Å². The molecule has 3 rings (SSSR count). The molecule has 6 unspecified atom stereocenters. The molecule has 0 saturated carbocycles. The van der Waals surface area contributed by atoms with Crippen LogP contribution in [0.2, 0.25) is 0 Å². The highest BCUT2D eigenvalue weighted by Crippen LogP contribution is 2.30. The molecule has 0 aliphatic carbocycles. The fourth-order valence-corrected chi connectivity index (χ4v) is 7.16. The lowest BCUT2D eigenvalue weighted by Crippen LogP contribution is -2.58. The molecule has 0 radical (unpaired) electrons. The van der Waals surface area contributed by atoms with Gasteiger partial charge in [0.2, 0.25) is 11.8 Å². The molecule has 11 nitrogen and oxygen atoms in total. The summed E-state index contributed by atoms with van der Waals surface area (Å²) in [7, 11) is 6.69. The third-order valence-corrected chi connectivity index (χ3v) is 10.5. The van der Waals surface area contributed by atoms with Crippen molar-refractivity contribution in [1.29, 1.82) is 0 Å². The second-order valence-electron chi connectivity index (χ2n) is 13.3. The van der Waals surface area contributed by atoms with Crippen LogP contribution >= 0.6 is 11.3 Å². The molecule has 1 aliphatic heterocycles. The maximum atomic E-state index is 14.1. The molecule has 0 spiro atoms. The Hall–Kier alpha value is -3.35. The zero-order chi connectivity index (χ0) is 35.4. The maximum Gasteiger partial charge on any atom is 0.307 e. The number of hydrogen-bond acceptors (Lipinski definition) is 9.